The molecule has 2 aromatic rings. The Labute approximate surface area is 114 Å². The maximum absolute atomic E-state index is 13.7. The van der Waals surface area contributed by atoms with E-state index >= 15 is 0 Å². The van der Waals surface area contributed by atoms with E-state index in [0.717, 1.165) is 0 Å². The summed E-state index contributed by atoms with van der Waals surface area (Å²) in [6, 6.07) is 7.33. The molecule has 104 valence electrons. The Hall–Kier alpha value is -2.63. The van der Waals surface area contributed by atoms with Crippen LogP contribution in [0.25, 0.3) is 11.3 Å². The summed E-state index contributed by atoms with van der Waals surface area (Å²) in [6.07, 6.45) is 0. The number of furan rings is 1. The Morgan fingerprint density at radius 3 is 2.60 bits per heavy atom. The topological polar surface area (TPSA) is 68.5 Å². The third kappa shape index (κ3) is 2.69. The molecular weight excluding hydrogens is 265 g/mol. The summed E-state index contributed by atoms with van der Waals surface area (Å²) in [6.45, 7) is 1.29. The average molecular weight is 277 g/mol. The van der Waals surface area contributed by atoms with E-state index in [9.17, 15) is 14.0 Å². The molecule has 0 bridgehead atoms. The highest BCUT2D eigenvalue weighted by Crippen LogP contribution is 2.31. The molecule has 0 unspecified atom stereocenters. The van der Waals surface area contributed by atoms with Crippen molar-refractivity contribution in [3.8, 4) is 11.3 Å². The zero-order valence-electron chi connectivity index (χ0n) is 10.9. The van der Waals surface area contributed by atoms with Gasteiger partial charge in [0.15, 0.2) is 0 Å². The van der Waals surface area contributed by atoms with Gasteiger partial charge in [0.2, 0.25) is 11.7 Å². The summed E-state index contributed by atoms with van der Waals surface area (Å²) in [5.74, 6) is -1.67. The lowest BCUT2D eigenvalue weighted by Gasteiger charge is -2.00. The number of nitrogens with one attached hydrogen (secondary N) is 1. The lowest BCUT2D eigenvalue weighted by atomic mass is 10.1. The molecule has 2 rings (SSSR count). The van der Waals surface area contributed by atoms with Crippen LogP contribution >= 0.6 is 0 Å². The molecule has 0 aliphatic heterocycles. The fourth-order valence-corrected chi connectivity index (χ4v) is 1.71. The van der Waals surface area contributed by atoms with Gasteiger partial charge in [0.05, 0.1) is 18.4 Å². The number of carbonyl (C=O) groups excluding carboxylic acids is 2. The van der Waals surface area contributed by atoms with E-state index in [1.807, 2.05) is 0 Å². The second-order valence-corrected chi connectivity index (χ2v) is 4.01. The summed E-state index contributed by atoms with van der Waals surface area (Å²) in [7, 11) is 1.19. The van der Waals surface area contributed by atoms with E-state index in [1.54, 1.807) is 6.07 Å². The predicted octanol–water partition coefficient (Wildman–Crippen LogP) is 2.83. The molecule has 5 nitrogen and oxygen atoms in total. The molecule has 1 aromatic heterocycles. The van der Waals surface area contributed by atoms with Crippen LogP contribution in [0, 0.1) is 5.82 Å². The molecule has 6 heteroatoms. The summed E-state index contributed by atoms with van der Waals surface area (Å²) in [4.78, 5) is 22.7. The van der Waals surface area contributed by atoms with Gasteiger partial charge < -0.3 is 14.5 Å². The molecule has 0 spiro atoms. The third-order valence-electron chi connectivity index (χ3n) is 2.55. The normalized spacial score (nSPS) is 10.2. The van der Waals surface area contributed by atoms with Crippen LogP contribution in [0.4, 0.5) is 10.1 Å². The van der Waals surface area contributed by atoms with Gasteiger partial charge in [-0.2, -0.15) is 0 Å². The van der Waals surface area contributed by atoms with Gasteiger partial charge in [-0.3, -0.25) is 4.79 Å². The van der Waals surface area contributed by atoms with Crippen LogP contribution in [0.15, 0.2) is 34.7 Å². The summed E-state index contributed by atoms with van der Waals surface area (Å²) in [5.41, 5.74) is 0.330. The lowest BCUT2D eigenvalue weighted by molar-refractivity contribution is -0.114. The number of anilines is 1. The molecule has 0 saturated carbocycles. The third-order valence-corrected chi connectivity index (χ3v) is 2.55. The van der Waals surface area contributed by atoms with Crippen LogP contribution in [0.1, 0.15) is 17.5 Å². The van der Waals surface area contributed by atoms with Crippen molar-refractivity contribution in [3.63, 3.8) is 0 Å². The van der Waals surface area contributed by atoms with Crippen molar-refractivity contribution in [1.29, 1.82) is 0 Å². The quantitative estimate of drug-likeness (QED) is 0.876. The second-order valence-electron chi connectivity index (χ2n) is 4.01. The van der Waals surface area contributed by atoms with E-state index in [-0.39, 0.29) is 28.7 Å². The fourth-order valence-electron chi connectivity index (χ4n) is 1.71. The van der Waals surface area contributed by atoms with Gasteiger partial charge in [0, 0.05) is 13.0 Å². The number of hydrogen-bond acceptors (Lipinski definition) is 4. The van der Waals surface area contributed by atoms with Crippen LogP contribution in [-0.2, 0) is 9.53 Å². The Balaban J connectivity index is 2.51. The van der Waals surface area contributed by atoms with Gasteiger partial charge in [-0.05, 0) is 12.1 Å². The molecule has 1 heterocycles. The minimum absolute atomic E-state index is 0.132. The molecule has 0 aliphatic carbocycles. The number of esters is 1. The van der Waals surface area contributed by atoms with Crippen molar-refractivity contribution in [2.24, 2.45) is 0 Å². The van der Waals surface area contributed by atoms with Crippen molar-refractivity contribution in [2.75, 3.05) is 12.4 Å². The van der Waals surface area contributed by atoms with Gasteiger partial charge in [0.1, 0.15) is 11.6 Å². The number of ether oxygens (including phenoxy) is 1. The van der Waals surface area contributed by atoms with Crippen LogP contribution in [0.5, 0.6) is 0 Å². The number of benzene rings is 1. The Kier molecular flexibility index (Phi) is 3.84. The second kappa shape index (κ2) is 5.56. The molecule has 0 radical (unpaired) electrons. The molecular formula is C14H12FNO4. The molecule has 0 fully saturated rings. The minimum Gasteiger partial charge on any atom is -0.463 e. The molecule has 1 aromatic carbocycles. The maximum Gasteiger partial charge on any atom is 0.376 e. The van der Waals surface area contributed by atoms with Gasteiger partial charge >= 0.3 is 5.97 Å². The van der Waals surface area contributed by atoms with Gasteiger partial charge in [-0.25, -0.2) is 9.18 Å². The van der Waals surface area contributed by atoms with E-state index in [0.29, 0.717) is 0 Å². The predicted molar refractivity (Wildman–Crippen MR) is 69.7 cm³/mol. The zero-order chi connectivity index (χ0) is 14.7. The minimum atomic E-state index is -0.753. The first-order chi connectivity index (χ1) is 9.52. The largest absolute Gasteiger partial charge is 0.463 e. The molecule has 1 N–H and O–H groups in total. The molecule has 0 aliphatic rings. The first-order valence-electron chi connectivity index (χ1n) is 5.77. The van der Waals surface area contributed by atoms with Crippen molar-refractivity contribution in [1.82, 2.24) is 0 Å². The highest BCUT2D eigenvalue weighted by Gasteiger charge is 2.21. The van der Waals surface area contributed by atoms with Crippen molar-refractivity contribution in [3.05, 3.63) is 41.9 Å². The first-order valence-corrected chi connectivity index (χ1v) is 5.77. The summed E-state index contributed by atoms with van der Waals surface area (Å²) < 4.78 is 23.6. The molecule has 0 saturated heterocycles. The maximum atomic E-state index is 13.7. The molecule has 0 atom stereocenters. The van der Waals surface area contributed by atoms with E-state index in [4.69, 9.17) is 4.42 Å². The average Bonchev–Trinajstić information content (AvgIpc) is 2.81. The zero-order valence-corrected chi connectivity index (χ0v) is 10.9. The Bertz CT molecular complexity index is 663. The highest BCUT2D eigenvalue weighted by molar-refractivity contribution is 5.99. The molecule has 1 amide bonds. The van der Waals surface area contributed by atoms with Gasteiger partial charge in [-0.1, -0.05) is 12.1 Å². The smallest absolute Gasteiger partial charge is 0.376 e. The van der Waals surface area contributed by atoms with Crippen molar-refractivity contribution in [2.45, 2.75) is 6.92 Å². The molecule has 20 heavy (non-hydrogen) atoms. The highest BCUT2D eigenvalue weighted by atomic mass is 19.1. The standard InChI is InChI=1S/C14H12FNO4/c1-8(17)16-11-7-12(20-13(11)14(18)19-2)9-5-3-4-6-10(9)15/h3-7H,1-2H3,(H,16,17). The van der Waals surface area contributed by atoms with Crippen molar-refractivity contribution < 1.29 is 23.1 Å². The number of halogens is 1. The monoisotopic (exact) mass is 277 g/mol. The number of methoxy groups -OCH3 is 1. The van der Waals surface area contributed by atoms with Crippen LogP contribution in [0.2, 0.25) is 0 Å². The number of carbonyl (C=O) groups is 2. The Morgan fingerprint density at radius 2 is 2.00 bits per heavy atom. The van der Waals surface area contributed by atoms with Crippen LogP contribution < -0.4 is 5.32 Å². The van der Waals surface area contributed by atoms with Crippen molar-refractivity contribution >= 4 is 17.6 Å². The lowest BCUT2D eigenvalue weighted by Crippen LogP contribution is -2.09. The first kappa shape index (κ1) is 13.8. The van der Waals surface area contributed by atoms with Gasteiger partial charge in [0.25, 0.3) is 0 Å². The van der Waals surface area contributed by atoms with E-state index in [1.165, 1.54) is 38.3 Å². The SMILES string of the molecule is COC(=O)c1oc(-c2ccccc2F)cc1NC(C)=O. The Morgan fingerprint density at radius 1 is 1.30 bits per heavy atom. The van der Waals surface area contributed by atoms with Crippen LogP contribution in [-0.4, -0.2) is 19.0 Å². The van der Waals surface area contributed by atoms with Gasteiger partial charge in [-0.15, -0.1) is 0 Å². The summed E-state index contributed by atoms with van der Waals surface area (Å²) >= 11 is 0. The van der Waals surface area contributed by atoms with E-state index < -0.39 is 11.8 Å². The number of rotatable bonds is 3. The number of hydrogen-bond donors (Lipinski definition) is 1. The van der Waals surface area contributed by atoms with Crippen LogP contribution in [0.3, 0.4) is 0 Å². The number of amides is 1. The fraction of sp³-hybridized carbons (Fsp3) is 0.143. The van der Waals surface area contributed by atoms with E-state index in [2.05, 4.69) is 10.1 Å². The summed E-state index contributed by atoms with van der Waals surface area (Å²) in [5, 5.41) is 2.44.